The monoisotopic (exact) mass is 389 g/mol. The molecule has 3 aromatic rings. The largest absolute Gasteiger partial charge is 0.325 e. The van der Waals surface area contributed by atoms with E-state index in [0.29, 0.717) is 0 Å². The minimum atomic E-state index is -0.457. The second kappa shape index (κ2) is 9.34. The summed E-state index contributed by atoms with van der Waals surface area (Å²) in [6, 6.07) is 21.0. The van der Waals surface area contributed by atoms with E-state index in [-0.39, 0.29) is 18.4 Å². The molecule has 0 aromatic heterocycles. The maximum Gasteiger partial charge on any atom is 0.241 e. The fourth-order valence-corrected chi connectivity index (χ4v) is 3.28. The van der Waals surface area contributed by atoms with Crippen molar-refractivity contribution in [3.8, 4) is 0 Å². The first-order chi connectivity index (χ1) is 14.0. The van der Waals surface area contributed by atoms with E-state index in [1.165, 1.54) is 0 Å². The molecule has 0 unspecified atom stereocenters. The highest BCUT2D eigenvalue weighted by Crippen LogP contribution is 2.23. The van der Waals surface area contributed by atoms with Crippen LogP contribution in [0.15, 0.2) is 66.7 Å². The Balaban J connectivity index is 1.62. The minimum absolute atomic E-state index is 0.127. The molecule has 0 heterocycles. The van der Waals surface area contributed by atoms with Crippen LogP contribution in [0.4, 0.5) is 11.4 Å². The van der Waals surface area contributed by atoms with E-state index in [1.54, 1.807) is 18.9 Å². The number of hydrogen-bond acceptors (Lipinski definition) is 3. The highest BCUT2D eigenvalue weighted by molar-refractivity contribution is 6.04. The van der Waals surface area contributed by atoms with Gasteiger partial charge in [-0.25, -0.2) is 0 Å². The fourth-order valence-electron chi connectivity index (χ4n) is 3.28. The number of likely N-dealkylation sites (N-methyl/N-ethyl adjacent to an activating group) is 1. The molecule has 5 heteroatoms. The van der Waals surface area contributed by atoms with Crippen molar-refractivity contribution in [1.29, 1.82) is 0 Å². The van der Waals surface area contributed by atoms with Crippen LogP contribution in [0.1, 0.15) is 19.4 Å². The van der Waals surface area contributed by atoms with Gasteiger partial charge in [-0.3, -0.25) is 14.5 Å². The van der Waals surface area contributed by atoms with Crippen molar-refractivity contribution in [2.45, 2.75) is 26.3 Å². The Kier molecular flexibility index (Phi) is 6.62. The minimum Gasteiger partial charge on any atom is -0.325 e. The molecule has 0 spiro atoms. The lowest BCUT2D eigenvalue weighted by molar-refractivity contribution is -0.122. The number of carbonyl (C=O) groups excluding carboxylic acids is 2. The Labute approximate surface area is 171 Å². The van der Waals surface area contributed by atoms with Gasteiger partial charge in [0.15, 0.2) is 0 Å². The van der Waals surface area contributed by atoms with E-state index in [0.717, 1.165) is 34.1 Å². The van der Waals surface area contributed by atoms with Gasteiger partial charge in [-0.15, -0.1) is 0 Å². The lowest BCUT2D eigenvalue weighted by Gasteiger charge is -2.24. The highest BCUT2D eigenvalue weighted by Gasteiger charge is 2.21. The molecular formula is C24H27N3O2. The van der Waals surface area contributed by atoms with E-state index >= 15 is 0 Å². The molecule has 0 saturated carbocycles. The van der Waals surface area contributed by atoms with Gasteiger partial charge in [0.25, 0.3) is 0 Å². The zero-order valence-corrected chi connectivity index (χ0v) is 17.1. The number of amides is 2. The van der Waals surface area contributed by atoms with Crippen molar-refractivity contribution in [3.05, 3.63) is 72.3 Å². The quantitative estimate of drug-likeness (QED) is 0.633. The number of nitrogens with zero attached hydrogens (tertiary/aromatic N) is 1. The van der Waals surface area contributed by atoms with Crippen LogP contribution in [0.25, 0.3) is 10.8 Å². The Morgan fingerprint density at radius 1 is 0.897 bits per heavy atom. The summed E-state index contributed by atoms with van der Waals surface area (Å²) < 4.78 is 0. The summed E-state index contributed by atoms with van der Waals surface area (Å²) in [6.07, 6.45) is 0.843. The van der Waals surface area contributed by atoms with Crippen LogP contribution in [0.2, 0.25) is 0 Å². The van der Waals surface area contributed by atoms with Gasteiger partial charge in [0.1, 0.15) is 0 Å². The molecule has 29 heavy (non-hydrogen) atoms. The number of carbonyl (C=O) groups is 2. The summed E-state index contributed by atoms with van der Waals surface area (Å²) in [4.78, 5) is 27.0. The zero-order valence-electron chi connectivity index (χ0n) is 17.1. The number of fused-ring (bicyclic) bond motifs is 1. The molecule has 3 aromatic carbocycles. The van der Waals surface area contributed by atoms with Crippen molar-refractivity contribution < 1.29 is 9.59 Å². The van der Waals surface area contributed by atoms with Gasteiger partial charge >= 0.3 is 0 Å². The Hall–Kier alpha value is -3.18. The summed E-state index contributed by atoms with van der Waals surface area (Å²) in [5, 5.41) is 8.00. The van der Waals surface area contributed by atoms with Crippen molar-refractivity contribution in [1.82, 2.24) is 4.90 Å². The first-order valence-corrected chi connectivity index (χ1v) is 9.86. The summed E-state index contributed by atoms with van der Waals surface area (Å²) in [7, 11) is 1.78. The summed E-state index contributed by atoms with van der Waals surface area (Å²) in [5.41, 5.74) is 2.68. The Bertz CT molecular complexity index is 1010. The van der Waals surface area contributed by atoms with Gasteiger partial charge in [-0.1, -0.05) is 61.5 Å². The number of aryl methyl sites for hydroxylation is 1. The van der Waals surface area contributed by atoms with Crippen molar-refractivity contribution >= 4 is 34.0 Å². The summed E-state index contributed by atoms with van der Waals surface area (Å²) in [6.45, 7) is 3.98. The average Bonchev–Trinajstić information content (AvgIpc) is 2.73. The number of para-hydroxylation sites is 1. The van der Waals surface area contributed by atoms with Crippen LogP contribution in [0.3, 0.4) is 0 Å². The second-order valence-corrected chi connectivity index (χ2v) is 7.17. The molecule has 0 aliphatic carbocycles. The van der Waals surface area contributed by atoms with E-state index in [2.05, 4.69) is 17.6 Å². The van der Waals surface area contributed by atoms with Crippen molar-refractivity contribution in [2.75, 3.05) is 24.2 Å². The van der Waals surface area contributed by atoms with Crippen LogP contribution in [-0.4, -0.2) is 36.3 Å². The van der Waals surface area contributed by atoms with Gasteiger partial charge in [-0.05, 0) is 43.5 Å². The van der Waals surface area contributed by atoms with Gasteiger partial charge in [0.2, 0.25) is 11.8 Å². The van der Waals surface area contributed by atoms with Gasteiger partial charge in [0, 0.05) is 16.8 Å². The molecule has 0 aliphatic heterocycles. The van der Waals surface area contributed by atoms with Crippen molar-refractivity contribution in [2.24, 2.45) is 0 Å². The SMILES string of the molecule is CCc1ccccc1NC(=O)CN(C)[C@@H](C)C(=O)Nc1cccc2ccccc12. The van der Waals surface area contributed by atoms with Gasteiger partial charge < -0.3 is 10.6 Å². The molecule has 2 amide bonds. The van der Waals surface area contributed by atoms with E-state index in [4.69, 9.17) is 0 Å². The molecule has 3 rings (SSSR count). The van der Waals surface area contributed by atoms with Crippen LogP contribution < -0.4 is 10.6 Å². The number of anilines is 2. The maximum atomic E-state index is 12.8. The molecule has 0 fully saturated rings. The molecule has 0 bridgehead atoms. The molecular weight excluding hydrogens is 362 g/mol. The van der Waals surface area contributed by atoms with Gasteiger partial charge in [0.05, 0.1) is 12.6 Å². The third kappa shape index (κ3) is 5.00. The van der Waals surface area contributed by atoms with Crippen LogP contribution in [0.5, 0.6) is 0 Å². The average molecular weight is 389 g/mol. The fraction of sp³-hybridized carbons (Fsp3) is 0.250. The standard InChI is InChI=1S/C24H27N3O2/c1-4-18-10-6-8-14-21(18)25-23(28)16-27(3)17(2)24(29)26-22-15-9-12-19-11-5-7-13-20(19)22/h5-15,17H,4,16H2,1-3H3,(H,25,28)(H,26,29)/t17-/m0/s1. The number of hydrogen-bond donors (Lipinski definition) is 2. The summed E-state index contributed by atoms with van der Waals surface area (Å²) >= 11 is 0. The first kappa shape index (κ1) is 20.6. The Morgan fingerprint density at radius 3 is 2.34 bits per heavy atom. The zero-order chi connectivity index (χ0) is 20.8. The molecule has 0 aliphatic rings. The predicted octanol–water partition coefficient (Wildman–Crippen LogP) is 4.30. The van der Waals surface area contributed by atoms with Crippen LogP contribution >= 0.6 is 0 Å². The molecule has 1 atom stereocenters. The number of rotatable bonds is 7. The first-order valence-electron chi connectivity index (χ1n) is 9.86. The van der Waals surface area contributed by atoms with Crippen molar-refractivity contribution in [3.63, 3.8) is 0 Å². The topological polar surface area (TPSA) is 61.4 Å². The second-order valence-electron chi connectivity index (χ2n) is 7.17. The predicted molar refractivity (Wildman–Crippen MR) is 119 cm³/mol. The maximum absolute atomic E-state index is 12.8. The molecule has 0 saturated heterocycles. The molecule has 2 N–H and O–H groups in total. The van der Waals surface area contributed by atoms with E-state index < -0.39 is 6.04 Å². The molecule has 0 radical (unpaired) electrons. The third-order valence-electron chi connectivity index (χ3n) is 5.15. The Morgan fingerprint density at radius 2 is 1.55 bits per heavy atom. The van der Waals surface area contributed by atoms with Crippen LogP contribution in [-0.2, 0) is 16.0 Å². The van der Waals surface area contributed by atoms with Gasteiger partial charge in [-0.2, -0.15) is 0 Å². The number of benzene rings is 3. The highest BCUT2D eigenvalue weighted by atomic mass is 16.2. The molecule has 150 valence electrons. The normalized spacial score (nSPS) is 12.0. The van der Waals surface area contributed by atoms with E-state index in [9.17, 15) is 9.59 Å². The number of nitrogens with one attached hydrogen (secondary N) is 2. The third-order valence-corrected chi connectivity index (χ3v) is 5.15. The van der Waals surface area contributed by atoms with E-state index in [1.807, 2.05) is 66.7 Å². The lowest BCUT2D eigenvalue weighted by Crippen LogP contribution is -2.43. The smallest absolute Gasteiger partial charge is 0.241 e. The summed E-state index contributed by atoms with van der Waals surface area (Å²) in [5.74, 6) is -0.288. The molecule has 5 nitrogen and oxygen atoms in total. The lowest BCUT2D eigenvalue weighted by atomic mass is 10.1. The van der Waals surface area contributed by atoms with Crippen LogP contribution in [0, 0.1) is 0 Å².